The lowest BCUT2D eigenvalue weighted by atomic mass is 10.1. The van der Waals surface area contributed by atoms with E-state index in [0.29, 0.717) is 30.2 Å². The molecule has 0 spiro atoms. The van der Waals surface area contributed by atoms with E-state index in [0.717, 1.165) is 36.9 Å². The maximum atomic E-state index is 13.7. The third kappa shape index (κ3) is 4.46. The maximum absolute atomic E-state index is 13.7. The highest BCUT2D eigenvalue weighted by molar-refractivity contribution is 6.30. The number of benzene rings is 2. The van der Waals surface area contributed by atoms with Crippen molar-refractivity contribution in [2.45, 2.75) is 13.0 Å². The summed E-state index contributed by atoms with van der Waals surface area (Å²) in [5.41, 5.74) is 1.71. The van der Waals surface area contributed by atoms with Crippen LogP contribution < -0.4 is 4.90 Å². The molecule has 1 saturated heterocycles. The van der Waals surface area contributed by atoms with E-state index in [2.05, 4.69) is 26.0 Å². The molecule has 5 nitrogen and oxygen atoms in total. The molecule has 0 bridgehead atoms. The van der Waals surface area contributed by atoms with Gasteiger partial charge in [-0.25, -0.2) is 4.39 Å². The number of hydrogen-bond donors (Lipinski definition) is 0. The first kappa shape index (κ1) is 17.9. The van der Waals surface area contributed by atoms with Crippen LogP contribution in [-0.4, -0.2) is 41.2 Å². The summed E-state index contributed by atoms with van der Waals surface area (Å²) in [6, 6.07) is 14.6. The van der Waals surface area contributed by atoms with Crippen LogP contribution in [0.25, 0.3) is 0 Å². The second kappa shape index (κ2) is 8.06. The van der Waals surface area contributed by atoms with Gasteiger partial charge in [0.05, 0.1) is 6.54 Å². The van der Waals surface area contributed by atoms with Gasteiger partial charge in [-0.05, 0) is 29.8 Å². The molecule has 0 atom stereocenters. The van der Waals surface area contributed by atoms with Crippen LogP contribution in [0.15, 0.2) is 53.1 Å². The van der Waals surface area contributed by atoms with E-state index >= 15 is 0 Å². The monoisotopic (exact) mass is 386 g/mol. The summed E-state index contributed by atoms with van der Waals surface area (Å²) in [5.74, 6) is 0.825. The van der Waals surface area contributed by atoms with E-state index in [1.54, 1.807) is 18.2 Å². The highest BCUT2D eigenvalue weighted by Crippen LogP contribution is 2.21. The Balaban J connectivity index is 1.32. The molecule has 7 heteroatoms. The van der Waals surface area contributed by atoms with Gasteiger partial charge < -0.3 is 9.42 Å². The number of anilines is 1. The Bertz CT molecular complexity index is 908. The van der Waals surface area contributed by atoms with E-state index in [-0.39, 0.29) is 5.82 Å². The van der Waals surface area contributed by atoms with Crippen molar-refractivity contribution in [1.29, 1.82) is 0 Å². The lowest BCUT2D eigenvalue weighted by Crippen LogP contribution is -2.46. The summed E-state index contributed by atoms with van der Waals surface area (Å²) >= 11 is 6.08. The Morgan fingerprint density at radius 3 is 2.63 bits per heavy atom. The van der Waals surface area contributed by atoms with Gasteiger partial charge >= 0.3 is 0 Å². The number of aromatic nitrogens is 2. The molecule has 0 unspecified atom stereocenters. The third-order valence-electron chi connectivity index (χ3n) is 4.72. The molecule has 0 aliphatic carbocycles. The molecule has 0 saturated carbocycles. The summed E-state index contributed by atoms with van der Waals surface area (Å²) in [6.45, 7) is 4.23. The smallest absolute Gasteiger partial charge is 0.240 e. The molecule has 4 rings (SSSR count). The fourth-order valence-corrected chi connectivity index (χ4v) is 3.45. The van der Waals surface area contributed by atoms with E-state index in [9.17, 15) is 4.39 Å². The topological polar surface area (TPSA) is 45.4 Å². The first-order valence-electron chi connectivity index (χ1n) is 8.95. The summed E-state index contributed by atoms with van der Waals surface area (Å²) in [4.78, 5) is 9.01. The van der Waals surface area contributed by atoms with Crippen molar-refractivity contribution in [2.24, 2.45) is 0 Å². The van der Waals surface area contributed by atoms with E-state index in [1.807, 2.05) is 18.2 Å². The van der Waals surface area contributed by atoms with Crippen LogP contribution in [0.1, 0.15) is 17.3 Å². The predicted molar refractivity (Wildman–Crippen MR) is 102 cm³/mol. The molecule has 1 aliphatic rings. The van der Waals surface area contributed by atoms with Crippen molar-refractivity contribution < 1.29 is 8.91 Å². The molecular weight excluding hydrogens is 367 g/mol. The molecule has 0 amide bonds. The van der Waals surface area contributed by atoms with Crippen LogP contribution in [-0.2, 0) is 13.0 Å². The van der Waals surface area contributed by atoms with Gasteiger partial charge in [-0.3, -0.25) is 4.90 Å². The average Bonchev–Trinajstić information content (AvgIpc) is 3.11. The molecule has 1 aliphatic heterocycles. The van der Waals surface area contributed by atoms with Crippen molar-refractivity contribution in [2.75, 3.05) is 31.1 Å². The second-order valence-corrected chi connectivity index (χ2v) is 7.05. The first-order valence-corrected chi connectivity index (χ1v) is 9.33. The van der Waals surface area contributed by atoms with Crippen molar-refractivity contribution in [1.82, 2.24) is 15.0 Å². The minimum Gasteiger partial charge on any atom is -0.369 e. The van der Waals surface area contributed by atoms with Gasteiger partial charge in [-0.2, -0.15) is 4.98 Å². The number of piperazine rings is 1. The molecule has 0 N–H and O–H groups in total. The third-order valence-corrected chi connectivity index (χ3v) is 4.96. The lowest BCUT2D eigenvalue weighted by molar-refractivity contribution is 0.215. The highest BCUT2D eigenvalue weighted by Gasteiger charge is 2.20. The standard InChI is InChI=1S/C20H20ClFN4O/c21-16-5-3-6-17(13-16)26-10-8-25(9-11-26)14-20-23-19(24-27-20)12-15-4-1-2-7-18(15)22/h1-7,13H,8-12,14H2. The van der Waals surface area contributed by atoms with Gasteiger partial charge in [-0.15, -0.1) is 0 Å². The first-order chi connectivity index (χ1) is 13.2. The maximum Gasteiger partial charge on any atom is 0.240 e. The van der Waals surface area contributed by atoms with Crippen LogP contribution in [0, 0.1) is 5.82 Å². The highest BCUT2D eigenvalue weighted by atomic mass is 35.5. The average molecular weight is 387 g/mol. The second-order valence-electron chi connectivity index (χ2n) is 6.62. The molecule has 27 heavy (non-hydrogen) atoms. The number of hydrogen-bond acceptors (Lipinski definition) is 5. The van der Waals surface area contributed by atoms with Crippen molar-refractivity contribution >= 4 is 17.3 Å². The minimum absolute atomic E-state index is 0.249. The normalized spacial score (nSPS) is 15.3. The van der Waals surface area contributed by atoms with Crippen LogP contribution in [0.2, 0.25) is 5.02 Å². The number of nitrogens with zero attached hydrogens (tertiary/aromatic N) is 4. The number of halogens is 2. The minimum atomic E-state index is -0.249. The molecule has 1 fully saturated rings. The predicted octanol–water partition coefficient (Wildman–Crippen LogP) is 3.78. The van der Waals surface area contributed by atoms with Gasteiger partial charge in [0.15, 0.2) is 5.82 Å². The Morgan fingerprint density at radius 2 is 1.85 bits per heavy atom. The molecule has 140 valence electrons. The van der Waals surface area contributed by atoms with Crippen LogP contribution in [0.3, 0.4) is 0 Å². The summed E-state index contributed by atoms with van der Waals surface area (Å²) in [7, 11) is 0. The Kier molecular flexibility index (Phi) is 5.36. The molecule has 0 radical (unpaired) electrons. The van der Waals surface area contributed by atoms with Crippen LogP contribution in [0.4, 0.5) is 10.1 Å². The van der Waals surface area contributed by atoms with Crippen molar-refractivity contribution in [3.63, 3.8) is 0 Å². The Hall–Kier alpha value is -2.44. The van der Waals surface area contributed by atoms with Gasteiger partial charge in [0.1, 0.15) is 5.82 Å². The van der Waals surface area contributed by atoms with E-state index in [4.69, 9.17) is 16.1 Å². The van der Waals surface area contributed by atoms with Crippen molar-refractivity contribution in [3.05, 3.63) is 76.6 Å². The van der Waals surface area contributed by atoms with E-state index in [1.165, 1.54) is 6.07 Å². The fourth-order valence-electron chi connectivity index (χ4n) is 3.27. The summed E-state index contributed by atoms with van der Waals surface area (Å²) in [5, 5.41) is 4.74. The summed E-state index contributed by atoms with van der Waals surface area (Å²) in [6.07, 6.45) is 0.332. The molecule has 2 heterocycles. The zero-order valence-corrected chi connectivity index (χ0v) is 15.6. The van der Waals surface area contributed by atoms with E-state index < -0.39 is 0 Å². The largest absolute Gasteiger partial charge is 0.369 e. The quantitative estimate of drug-likeness (QED) is 0.667. The lowest BCUT2D eigenvalue weighted by Gasteiger charge is -2.35. The zero-order chi connectivity index (χ0) is 18.6. The van der Waals surface area contributed by atoms with Crippen LogP contribution >= 0.6 is 11.6 Å². The Labute approximate surface area is 162 Å². The SMILES string of the molecule is Fc1ccccc1Cc1noc(CN2CCN(c3cccc(Cl)c3)CC2)n1. The Morgan fingerprint density at radius 1 is 1.04 bits per heavy atom. The molecule has 1 aromatic heterocycles. The van der Waals surface area contributed by atoms with Gasteiger partial charge in [0, 0.05) is 43.3 Å². The molecule has 3 aromatic rings. The zero-order valence-electron chi connectivity index (χ0n) is 14.8. The number of rotatable bonds is 5. The van der Waals surface area contributed by atoms with Gasteiger partial charge in [0.25, 0.3) is 0 Å². The van der Waals surface area contributed by atoms with Gasteiger partial charge in [-0.1, -0.05) is 41.0 Å². The van der Waals surface area contributed by atoms with Gasteiger partial charge in [0.2, 0.25) is 5.89 Å². The molecular formula is C20H20ClFN4O. The summed E-state index contributed by atoms with van der Waals surface area (Å²) < 4.78 is 19.1. The molecule has 2 aromatic carbocycles. The van der Waals surface area contributed by atoms with Crippen molar-refractivity contribution in [3.8, 4) is 0 Å². The fraction of sp³-hybridized carbons (Fsp3) is 0.300. The van der Waals surface area contributed by atoms with Crippen LogP contribution in [0.5, 0.6) is 0 Å².